The van der Waals surface area contributed by atoms with Gasteiger partial charge in [-0.05, 0) is 30.2 Å². The highest BCUT2D eigenvalue weighted by Crippen LogP contribution is 2.34. The number of aromatic nitrogens is 1. The lowest BCUT2D eigenvalue weighted by atomic mass is 10.0. The van der Waals surface area contributed by atoms with Gasteiger partial charge in [0.2, 0.25) is 5.88 Å². The van der Waals surface area contributed by atoms with Gasteiger partial charge in [0.1, 0.15) is 5.82 Å². The van der Waals surface area contributed by atoms with E-state index in [0.717, 1.165) is 11.1 Å². The summed E-state index contributed by atoms with van der Waals surface area (Å²) < 4.78 is 18.4. The summed E-state index contributed by atoms with van der Waals surface area (Å²) >= 11 is 0. The summed E-state index contributed by atoms with van der Waals surface area (Å²) in [4.78, 5) is 6.38. The van der Waals surface area contributed by atoms with Crippen molar-refractivity contribution in [1.29, 1.82) is 0 Å². The molecule has 0 radical (unpaired) electrons. The number of hydrogen-bond acceptors (Lipinski definition) is 4. The molecule has 0 spiro atoms. The Morgan fingerprint density at radius 1 is 1.32 bits per heavy atom. The highest BCUT2D eigenvalue weighted by molar-refractivity contribution is 5.27. The summed E-state index contributed by atoms with van der Waals surface area (Å²) in [7, 11) is 1.60. The van der Waals surface area contributed by atoms with Gasteiger partial charge >= 0.3 is 0 Å². The van der Waals surface area contributed by atoms with Gasteiger partial charge in [-0.15, -0.1) is 0 Å². The van der Waals surface area contributed by atoms with Crippen molar-refractivity contribution in [3.63, 3.8) is 0 Å². The number of aliphatic hydroxyl groups is 1. The van der Waals surface area contributed by atoms with Crippen LogP contribution in [0, 0.1) is 5.82 Å². The largest absolute Gasteiger partial charge is 0.481 e. The van der Waals surface area contributed by atoms with E-state index in [9.17, 15) is 9.50 Å². The average Bonchev–Trinajstić information content (AvgIpc) is 2.89. The molecule has 1 N–H and O–H groups in total. The predicted octanol–water partition coefficient (Wildman–Crippen LogP) is 2.54. The van der Waals surface area contributed by atoms with E-state index in [-0.39, 0.29) is 18.0 Å². The minimum absolute atomic E-state index is 0.0699. The van der Waals surface area contributed by atoms with Crippen LogP contribution in [-0.2, 0) is 6.54 Å². The van der Waals surface area contributed by atoms with Crippen molar-refractivity contribution in [1.82, 2.24) is 9.88 Å². The first-order chi connectivity index (χ1) is 10.7. The van der Waals surface area contributed by atoms with E-state index in [0.29, 0.717) is 25.4 Å². The van der Waals surface area contributed by atoms with E-state index >= 15 is 0 Å². The molecule has 1 fully saturated rings. The maximum absolute atomic E-state index is 13.1. The number of pyridine rings is 1. The predicted molar refractivity (Wildman–Crippen MR) is 81.0 cm³/mol. The zero-order chi connectivity index (χ0) is 15.5. The van der Waals surface area contributed by atoms with Gasteiger partial charge in [0.15, 0.2) is 0 Å². The maximum Gasteiger partial charge on any atom is 0.217 e. The fraction of sp³-hybridized carbons (Fsp3) is 0.353. The number of nitrogens with zero attached hydrogens (tertiary/aromatic N) is 2. The second kappa shape index (κ2) is 6.42. The summed E-state index contributed by atoms with van der Waals surface area (Å²) in [5.41, 5.74) is 1.99. The number of ether oxygens (including phenoxy) is 1. The number of benzene rings is 1. The molecule has 5 heteroatoms. The van der Waals surface area contributed by atoms with Crippen molar-refractivity contribution in [3.05, 3.63) is 59.5 Å². The molecule has 3 rings (SSSR count). The Bertz CT molecular complexity index is 633. The zero-order valence-corrected chi connectivity index (χ0v) is 12.4. The van der Waals surface area contributed by atoms with E-state index in [1.807, 2.05) is 12.1 Å². The maximum atomic E-state index is 13.1. The summed E-state index contributed by atoms with van der Waals surface area (Å²) in [5.74, 6) is 0.351. The first-order valence-electron chi connectivity index (χ1n) is 7.33. The molecule has 0 unspecified atom stereocenters. The van der Waals surface area contributed by atoms with E-state index in [4.69, 9.17) is 4.74 Å². The van der Waals surface area contributed by atoms with Gasteiger partial charge in [-0.2, -0.15) is 0 Å². The number of halogens is 1. The van der Waals surface area contributed by atoms with E-state index < -0.39 is 0 Å². The SMILES string of the molecule is COc1ncccc1CN1C[C@H](O)C[C@@H]1c1ccc(F)cc1. The van der Waals surface area contributed by atoms with Crippen LogP contribution >= 0.6 is 0 Å². The Labute approximate surface area is 129 Å². The number of β-amino-alcohol motifs (C(OH)–C–C–N with tert-alkyl or cyclic N) is 1. The number of hydrogen-bond donors (Lipinski definition) is 1. The Balaban J connectivity index is 1.83. The molecule has 4 nitrogen and oxygen atoms in total. The van der Waals surface area contributed by atoms with E-state index in [2.05, 4.69) is 9.88 Å². The number of rotatable bonds is 4. The van der Waals surface area contributed by atoms with Crippen molar-refractivity contribution in [2.45, 2.75) is 25.1 Å². The van der Waals surface area contributed by atoms with E-state index in [1.54, 1.807) is 25.4 Å². The van der Waals surface area contributed by atoms with Crippen molar-refractivity contribution in [3.8, 4) is 5.88 Å². The standard InChI is InChI=1S/C17H19FN2O2/c1-22-17-13(3-2-8-19-17)10-20-11-15(21)9-16(20)12-4-6-14(18)7-5-12/h2-8,15-16,21H,9-11H2,1H3/t15-,16-/m1/s1. The molecule has 0 bridgehead atoms. The molecule has 22 heavy (non-hydrogen) atoms. The van der Waals surface area contributed by atoms with Crippen molar-refractivity contribution in [2.75, 3.05) is 13.7 Å². The molecule has 1 aliphatic rings. The highest BCUT2D eigenvalue weighted by Gasteiger charge is 2.32. The monoisotopic (exact) mass is 302 g/mol. The molecule has 2 heterocycles. The van der Waals surface area contributed by atoms with Crippen LogP contribution in [0.25, 0.3) is 0 Å². The molecular formula is C17H19FN2O2. The summed E-state index contributed by atoms with van der Waals surface area (Å²) in [6.45, 7) is 1.22. The molecule has 1 aliphatic heterocycles. The summed E-state index contributed by atoms with van der Waals surface area (Å²) in [6.07, 6.45) is 1.96. The third-order valence-electron chi connectivity index (χ3n) is 4.05. The minimum Gasteiger partial charge on any atom is -0.481 e. The highest BCUT2D eigenvalue weighted by atomic mass is 19.1. The molecule has 0 aliphatic carbocycles. The minimum atomic E-state index is -0.377. The third-order valence-corrected chi connectivity index (χ3v) is 4.05. The normalized spacial score (nSPS) is 22.0. The van der Waals surface area contributed by atoms with Crippen LogP contribution in [0.4, 0.5) is 4.39 Å². The number of aliphatic hydroxyl groups excluding tert-OH is 1. The number of likely N-dealkylation sites (tertiary alicyclic amines) is 1. The van der Waals surface area contributed by atoms with Crippen molar-refractivity contribution >= 4 is 0 Å². The second-order valence-electron chi connectivity index (χ2n) is 5.56. The topological polar surface area (TPSA) is 45.6 Å². The second-order valence-corrected chi connectivity index (χ2v) is 5.56. The lowest BCUT2D eigenvalue weighted by Gasteiger charge is -2.25. The smallest absolute Gasteiger partial charge is 0.217 e. The van der Waals surface area contributed by atoms with Crippen LogP contribution in [0.1, 0.15) is 23.6 Å². The third kappa shape index (κ3) is 3.10. The van der Waals surface area contributed by atoms with Crippen LogP contribution in [-0.4, -0.2) is 34.7 Å². The first-order valence-corrected chi connectivity index (χ1v) is 7.33. The quantitative estimate of drug-likeness (QED) is 0.943. The Morgan fingerprint density at radius 2 is 2.09 bits per heavy atom. The molecule has 0 saturated carbocycles. The van der Waals surface area contributed by atoms with Gasteiger partial charge in [-0.25, -0.2) is 9.37 Å². The van der Waals surface area contributed by atoms with Gasteiger partial charge in [-0.1, -0.05) is 18.2 Å². The van der Waals surface area contributed by atoms with Crippen LogP contribution in [0.3, 0.4) is 0 Å². The molecule has 1 aromatic carbocycles. The molecule has 2 atom stereocenters. The van der Waals surface area contributed by atoms with Gasteiger partial charge < -0.3 is 9.84 Å². The summed E-state index contributed by atoms with van der Waals surface area (Å²) in [6, 6.07) is 10.4. The first kappa shape index (κ1) is 14.9. The average molecular weight is 302 g/mol. The van der Waals surface area contributed by atoms with Crippen LogP contribution < -0.4 is 4.74 Å². The molecule has 116 valence electrons. The fourth-order valence-corrected chi connectivity index (χ4v) is 3.03. The van der Waals surface area contributed by atoms with Gasteiger partial charge in [0.05, 0.1) is 13.2 Å². The zero-order valence-electron chi connectivity index (χ0n) is 12.4. The van der Waals surface area contributed by atoms with E-state index in [1.165, 1.54) is 12.1 Å². The van der Waals surface area contributed by atoms with Crippen LogP contribution in [0.5, 0.6) is 5.88 Å². The fourth-order valence-electron chi connectivity index (χ4n) is 3.03. The molecule has 1 aromatic heterocycles. The summed E-state index contributed by atoms with van der Waals surface area (Å²) in [5, 5.41) is 10.0. The van der Waals surface area contributed by atoms with Crippen molar-refractivity contribution < 1.29 is 14.2 Å². The van der Waals surface area contributed by atoms with Crippen molar-refractivity contribution in [2.24, 2.45) is 0 Å². The van der Waals surface area contributed by atoms with Crippen LogP contribution in [0.15, 0.2) is 42.6 Å². The van der Waals surface area contributed by atoms with Gasteiger partial charge in [-0.3, -0.25) is 4.90 Å². The molecule has 1 saturated heterocycles. The molecule has 0 amide bonds. The molecular weight excluding hydrogens is 283 g/mol. The number of methoxy groups -OCH3 is 1. The lowest BCUT2D eigenvalue weighted by Crippen LogP contribution is -2.24. The van der Waals surface area contributed by atoms with Crippen LogP contribution in [0.2, 0.25) is 0 Å². The van der Waals surface area contributed by atoms with Gasteiger partial charge in [0, 0.05) is 30.9 Å². The van der Waals surface area contributed by atoms with Gasteiger partial charge in [0.25, 0.3) is 0 Å². The Hall–Kier alpha value is -1.98. The lowest BCUT2D eigenvalue weighted by molar-refractivity contribution is 0.172. The Morgan fingerprint density at radius 3 is 2.82 bits per heavy atom. The Kier molecular flexibility index (Phi) is 4.36. The molecule has 2 aromatic rings.